The summed E-state index contributed by atoms with van der Waals surface area (Å²) in [5.74, 6) is 0.673. The molecule has 2 aliphatic heterocycles. The largest absolute Gasteiger partial charge is 0.368 e. The van der Waals surface area contributed by atoms with Crippen molar-refractivity contribution in [2.45, 2.75) is 25.7 Å². The summed E-state index contributed by atoms with van der Waals surface area (Å²) in [6.07, 6.45) is 6.99. The van der Waals surface area contributed by atoms with Crippen LogP contribution >= 0.6 is 0 Å². The van der Waals surface area contributed by atoms with Crippen molar-refractivity contribution in [2.24, 2.45) is 0 Å². The molecule has 0 aliphatic carbocycles. The molecule has 6 nitrogen and oxygen atoms in total. The second-order valence-electron chi connectivity index (χ2n) is 9.53. The van der Waals surface area contributed by atoms with Gasteiger partial charge in [0.1, 0.15) is 11.6 Å². The first kappa shape index (κ1) is 23.5. The number of rotatable bonds is 6. The molecule has 0 radical (unpaired) electrons. The number of anilines is 2. The maximum absolute atomic E-state index is 13.3. The molecule has 5 rings (SSSR count). The standard InChI is InChI=1S/C28H34FN5O/c29-24-7-9-25(10-8-24)33-17-19-34(20-18-33)27-26-21-23(6-5-22(26)11-12-30-27)28(35)31-13-16-32-14-3-1-2-4-15-32/h5-12,21H,1-4,13-20H2,(H,31,35). The van der Waals surface area contributed by atoms with E-state index in [-0.39, 0.29) is 11.7 Å². The Bertz CT molecular complexity index is 1140. The van der Waals surface area contributed by atoms with Crippen molar-refractivity contribution >= 4 is 28.2 Å². The number of carbonyl (C=O) groups excluding carboxylic acids is 1. The maximum Gasteiger partial charge on any atom is 0.251 e. The number of aromatic nitrogens is 1. The molecule has 0 spiro atoms. The lowest BCUT2D eigenvalue weighted by molar-refractivity contribution is 0.0948. The van der Waals surface area contributed by atoms with Crippen molar-refractivity contribution < 1.29 is 9.18 Å². The van der Waals surface area contributed by atoms with Crippen LogP contribution in [0.3, 0.4) is 0 Å². The monoisotopic (exact) mass is 475 g/mol. The van der Waals surface area contributed by atoms with Crippen LogP contribution in [0.2, 0.25) is 0 Å². The van der Waals surface area contributed by atoms with E-state index in [2.05, 4.69) is 20.0 Å². The Labute approximate surface area is 206 Å². The minimum atomic E-state index is -0.214. The number of fused-ring (bicyclic) bond motifs is 1. The summed E-state index contributed by atoms with van der Waals surface area (Å²) in [4.78, 5) is 24.6. The van der Waals surface area contributed by atoms with Crippen molar-refractivity contribution in [1.82, 2.24) is 15.2 Å². The number of benzene rings is 2. The molecule has 1 N–H and O–H groups in total. The van der Waals surface area contributed by atoms with Gasteiger partial charge in [-0.25, -0.2) is 9.37 Å². The van der Waals surface area contributed by atoms with Crippen molar-refractivity contribution in [3.05, 3.63) is 66.1 Å². The fraction of sp³-hybridized carbons (Fsp3) is 0.429. The molecule has 3 heterocycles. The van der Waals surface area contributed by atoms with Gasteiger partial charge in [-0.05, 0) is 73.8 Å². The van der Waals surface area contributed by atoms with Gasteiger partial charge in [0, 0.05) is 62.1 Å². The first-order valence-corrected chi connectivity index (χ1v) is 12.8. The van der Waals surface area contributed by atoms with Gasteiger partial charge in [-0.1, -0.05) is 18.9 Å². The maximum atomic E-state index is 13.3. The van der Waals surface area contributed by atoms with Crippen LogP contribution in [0, 0.1) is 5.82 Å². The van der Waals surface area contributed by atoms with Gasteiger partial charge in [-0.3, -0.25) is 4.79 Å². The SMILES string of the molecule is O=C(NCCN1CCCCCC1)c1ccc2ccnc(N3CCN(c4ccc(F)cc4)CC3)c2c1. The quantitative estimate of drug-likeness (QED) is 0.576. The summed E-state index contributed by atoms with van der Waals surface area (Å²) in [5.41, 5.74) is 1.71. The highest BCUT2D eigenvalue weighted by Crippen LogP contribution is 2.27. The minimum absolute atomic E-state index is 0.0299. The second-order valence-corrected chi connectivity index (χ2v) is 9.53. The molecule has 2 aliphatic rings. The van der Waals surface area contributed by atoms with E-state index in [1.807, 2.05) is 42.6 Å². The number of carbonyl (C=O) groups is 1. The Morgan fingerprint density at radius 2 is 1.57 bits per heavy atom. The minimum Gasteiger partial charge on any atom is -0.368 e. The Balaban J connectivity index is 1.24. The number of halogens is 1. The highest BCUT2D eigenvalue weighted by atomic mass is 19.1. The van der Waals surface area contributed by atoms with Crippen LogP contribution in [-0.2, 0) is 0 Å². The van der Waals surface area contributed by atoms with E-state index < -0.39 is 0 Å². The Morgan fingerprint density at radius 3 is 2.31 bits per heavy atom. The van der Waals surface area contributed by atoms with Crippen LogP contribution in [0.1, 0.15) is 36.0 Å². The van der Waals surface area contributed by atoms with Gasteiger partial charge in [0.2, 0.25) is 0 Å². The molecule has 35 heavy (non-hydrogen) atoms. The Morgan fingerprint density at radius 1 is 0.857 bits per heavy atom. The molecule has 0 saturated carbocycles. The normalized spacial score (nSPS) is 17.4. The zero-order chi connectivity index (χ0) is 24.0. The van der Waals surface area contributed by atoms with Crippen molar-refractivity contribution in [3.63, 3.8) is 0 Å². The lowest BCUT2D eigenvalue weighted by Gasteiger charge is -2.37. The summed E-state index contributed by atoms with van der Waals surface area (Å²) in [6, 6.07) is 14.6. The molecule has 0 unspecified atom stereocenters. The topological polar surface area (TPSA) is 51.7 Å². The summed E-state index contributed by atoms with van der Waals surface area (Å²) in [6.45, 7) is 7.14. The third-order valence-electron chi connectivity index (χ3n) is 7.19. The van der Waals surface area contributed by atoms with Gasteiger partial charge >= 0.3 is 0 Å². The van der Waals surface area contributed by atoms with E-state index in [9.17, 15) is 9.18 Å². The van der Waals surface area contributed by atoms with Crippen molar-refractivity contribution in [1.29, 1.82) is 0 Å². The van der Waals surface area contributed by atoms with E-state index in [1.165, 1.54) is 37.8 Å². The van der Waals surface area contributed by atoms with Crippen molar-refractivity contribution in [3.8, 4) is 0 Å². The number of amides is 1. The number of nitrogens with one attached hydrogen (secondary N) is 1. The molecule has 184 valence electrons. The third-order valence-corrected chi connectivity index (χ3v) is 7.19. The number of piperazine rings is 1. The lowest BCUT2D eigenvalue weighted by atomic mass is 10.1. The highest BCUT2D eigenvalue weighted by Gasteiger charge is 2.21. The van der Waals surface area contributed by atoms with Crippen LogP contribution in [0.5, 0.6) is 0 Å². The molecule has 0 bridgehead atoms. The van der Waals surface area contributed by atoms with Gasteiger partial charge in [-0.15, -0.1) is 0 Å². The summed E-state index contributed by atoms with van der Waals surface area (Å²) < 4.78 is 13.3. The predicted octanol–water partition coefficient (Wildman–Crippen LogP) is 4.31. The molecule has 2 saturated heterocycles. The number of pyridine rings is 1. The second kappa shape index (κ2) is 11.0. The van der Waals surface area contributed by atoms with Crippen molar-refractivity contribution in [2.75, 3.05) is 62.2 Å². The average molecular weight is 476 g/mol. The fourth-order valence-electron chi connectivity index (χ4n) is 5.16. The lowest BCUT2D eigenvalue weighted by Crippen LogP contribution is -2.46. The summed E-state index contributed by atoms with van der Waals surface area (Å²) in [7, 11) is 0. The molecule has 7 heteroatoms. The molecule has 0 atom stereocenters. The van der Waals surface area contributed by atoms with E-state index in [4.69, 9.17) is 4.98 Å². The van der Waals surface area contributed by atoms with E-state index >= 15 is 0 Å². The summed E-state index contributed by atoms with van der Waals surface area (Å²) >= 11 is 0. The van der Waals surface area contributed by atoms with Gasteiger partial charge in [0.05, 0.1) is 0 Å². The van der Waals surface area contributed by atoms with Crippen LogP contribution in [0.4, 0.5) is 15.9 Å². The molecular weight excluding hydrogens is 441 g/mol. The number of hydrogen-bond acceptors (Lipinski definition) is 5. The number of likely N-dealkylation sites (tertiary alicyclic amines) is 1. The van der Waals surface area contributed by atoms with E-state index in [0.29, 0.717) is 12.1 Å². The molecule has 1 aromatic heterocycles. The third kappa shape index (κ3) is 5.73. The first-order valence-electron chi connectivity index (χ1n) is 12.8. The van der Waals surface area contributed by atoms with Crippen LogP contribution in [0.25, 0.3) is 10.8 Å². The van der Waals surface area contributed by atoms with Crippen LogP contribution in [0.15, 0.2) is 54.7 Å². The highest BCUT2D eigenvalue weighted by molar-refractivity contribution is 6.01. The molecule has 2 aromatic carbocycles. The first-order chi connectivity index (χ1) is 17.2. The summed E-state index contributed by atoms with van der Waals surface area (Å²) in [5, 5.41) is 5.19. The molecule has 3 aromatic rings. The fourth-order valence-corrected chi connectivity index (χ4v) is 5.16. The zero-order valence-corrected chi connectivity index (χ0v) is 20.3. The zero-order valence-electron chi connectivity index (χ0n) is 20.3. The van der Waals surface area contributed by atoms with Gasteiger partial charge in [0.25, 0.3) is 5.91 Å². The molecule has 2 fully saturated rings. The number of hydrogen-bond donors (Lipinski definition) is 1. The van der Waals surface area contributed by atoms with Gasteiger partial charge < -0.3 is 20.0 Å². The van der Waals surface area contributed by atoms with Crippen LogP contribution in [-0.4, -0.2) is 68.1 Å². The van der Waals surface area contributed by atoms with Gasteiger partial charge in [-0.2, -0.15) is 0 Å². The van der Waals surface area contributed by atoms with E-state index in [0.717, 1.165) is 68.1 Å². The van der Waals surface area contributed by atoms with E-state index in [1.54, 1.807) is 0 Å². The van der Waals surface area contributed by atoms with Crippen LogP contribution < -0.4 is 15.1 Å². The van der Waals surface area contributed by atoms with Gasteiger partial charge in [0.15, 0.2) is 0 Å². The molecule has 1 amide bonds. The average Bonchev–Trinajstić information content (AvgIpc) is 3.17. The Kier molecular flexibility index (Phi) is 7.42. The Hall–Kier alpha value is -3.19. The number of nitrogens with zero attached hydrogens (tertiary/aromatic N) is 4. The smallest absolute Gasteiger partial charge is 0.251 e. The molecular formula is C28H34FN5O. The predicted molar refractivity (Wildman–Crippen MR) is 140 cm³/mol.